The molecule has 2 nitrogen and oxygen atoms in total. The van der Waals surface area contributed by atoms with E-state index < -0.39 is 0 Å². The largest absolute Gasteiger partial charge is 0.497 e. The van der Waals surface area contributed by atoms with Crippen LogP contribution in [0.3, 0.4) is 0 Å². The number of benzene rings is 1. The third-order valence-corrected chi connectivity index (χ3v) is 4.56. The highest BCUT2D eigenvalue weighted by Gasteiger charge is 2.26. The van der Waals surface area contributed by atoms with Gasteiger partial charge in [0.15, 0.2) is 5.78 Å². The van der Waals surface area contributed by atoms with Gasteiger partial charge in [-0.05, 0) is 55.9 Å². The number of ether oxygens (including phenoxy) is 1. The Kier molecular flexibility index (Phi) is 5.63. The molecule has 1 saturated carbocycles. The summed E-state index contributed by atoms with van der Waals surface area (Å²) in [5, 5.41) is 0. The molecule has 1 aromatic rings. The van der Waals surface area contributed by atoms with Crippen molar-refractivity contribution >= 4 is 5.78 Å². The van der Waals surface area contributed by atoms with E-state index in [-0.39, 0.29) is 5.92 Å². The van der Waals surface area contributed by atoms with Crippen molar-refractivity contribution in [1.82, 2.24) is 0 Å². The van der Waals surface area contributed by atoms with Gasteiger partial charge in [0.25, 0.3) is 0 Å². The molecular weight excluding hydrogens is 248 g/mol. The first-order valence-electron chi connectivity index (χ1n) is 7.92. The molecule has 0 radical (unpaired) electrons. The van der Waals surface area contributed by atoms with Gasteiger partial charge in [-0.2, -0.15) is 0 Å². The first-order valence-corrected chi connectivity index (χ1v) is 7.92. The lowest BCUT2D eigenvalue weighted by Crippen LogP contribution is -2.22. The number of unbranched alkanes of at least 4 members (excludes halogenated alkanes) is 1. The van der Waals surface area contributed by atoms with E-state index >= 15 is 0 Å². The molecular formula is C18H26O2. The van der Waals surface area contributed by atoms with Crippen molar-refractivity contribution in [3.05, 3.63) is 29.8 Å². The summed E-state index contributed by atoms with van der Waals surface area (Å²) in [5.74, 6) is 2.22. The second kappa shape index (κ2) is 7.47. The molecule has 0 amide bonds. The fraction of sp³-hybridized carbons (Fsp3) is 0.611. The standard InChI is InChI=1S/C18H26O2/c1-3-4-5-14-6-8-15(9-7-14)18(19)16-10-12-17(20-2)13-11-16/h10-15H,3-9H2,1-2H3. The zero-order valence-corrected chi connectivity index (χ0v) is 12.7. The average Bonchev–Trinajstić information content (AvgIpc) is 2.53. The molecule has 0 bridgehead atoms. The second-order valence-electron chi connectivity index (χ2n) is 5.95. The highest BCUT2D eigenvalue weighted by molar-refractivity contribution is 5.97. The van der Waals surface area contributed by atoms with Crippen LogP contribution in [0.25, 0.3) is 0 Å². The Morgan fingerprint density at radius 2 is 1.80 bits per heavy atom. The summed E-state index contributed by atoms with van der Waals surface area (Å²) in [6.45, 7) is 2.25. The Morgan fingerprint density at radius 1 is 1.15 bits per heavy atom. The number of Topliss-reactive ketones (excluding diaryl/α,β-unsaturated/α-hetero) is 1. The minimum absolute atomic E-state index is 0.237. The Balaban J connectivity index is 1.87. The van der Waals surface area contributed by atoms with Crippen molar-refractivity contribution in [3.63, 3.8) is 0 Å². The topological polar surface area (TPSA) is 26.3 Å². The first-order chi connectivity index (χ1) is 9.74. The zero-order valence-electron chi connectivity index (χ0n) is 12.7. The van der Waals surface area contributed by atoms with Gasteiger partial charge in [-0.1, -0.05) is 26.2 Å². The SMILES string of the molecule is CCCCC1CCC(C(=O)c2ccc(OC)cc2)CC1. The fourth-order valence-corrected chi connectivity index (χ4v) is 3.20. The second-order valence-corrected chi connectivity index (χ2v) is 5.95. The number of carbonyl (C=O) groups excluding carboxylic acids is 1. The van der Waals surface area contributed by atoms with Gasteiger partial charge in [0, 0.05) is 11.5 Å². The molecule has 1 aliphatic rings. The van der Waals surface area contributed by atoms with Crippen molar-refractivity contribution < 1.29 is 9.53 Å². The normalized spacial score (nSPS) is 22.5. The van der Waals surface area contributed by atoms with Crippen molar-refractivity contribution in [2.45, 2.75) is 51.9 Å². The van der Waals surface area contributed by atoms with Crippen LogP contribution in [0.4, 0.5) is 0 Å². The zero-order chi connectivity index (χ0) is 14.4. The summed E-state index contributed by atoms with van der Waals surface area (Å²) >= 11 is 0. The molecule has 0 spiro atoms. The molecule has 2 rings (SSSR count). The van der Waals surface area contributed by atoms with Crippen LogP contribution >= 0.6 is 0 Å². The van der Waals surface area contributed by atoms with Crippen LogP contribution in [0.2, 0.25) is 0 Å². The molecule has 1 aromatic carbocycles. The Bertz CT molecular complexity index is 414. The lowest BCUT2D eigenvalue weighted by Gasteiger charge is -2.27. The molecule has 0 unspecified atom stereocenters. The highest BCUT2D eigenvalue weighted by atomic mass is 16.5. The summed E-state index contributed by atoms with van der Waals surface area (Å²) in [6, 6.07) is 7.54. The Hall–Kier alpha value is -1.31. The third kappa shape index (κ3) is 3.84. The predicted octanol–water partition coefficient (Wildman–Crippen LogP) is 4.87. The van der Waals surface area contributed by atoms with Crippen LogP contribution in [0.1, 0.15) is 62.2 Å². The molecule has 0 N–H and O–H groups in total. The molecule has 2 heteroatoms. The molecule has 1 fully saturated rings. The van der Waals surface area contributed by atoms with Crippen LogP contribution in [0.15, 0.2) is 24.3 Å². The van der Waals surface area contributed by atoms with Gasteiger partial charge >= 0.3 is 0 Å². The number of hydrogen-bond donors (Lipinski definition) is 0. The van der Waals surface area contributed by atoms with Gasteiger partial charge in [-0.25, -0.2) is 0 Å². The van der Waals surface area contributed by atoms with Crippen LogP contribution in [-0.4, -0.2) is 12.9 Å². The number of ketones is 1. The lowest BCUT2D eigenvalue weighted by atomic mass is 9.77. The molecule has 0 heterocycles. The van der Waals surface area contributed by atoms with Crippen LogP contribution in [-0.2, 0) is 0 Å². The molecule has 0 aromatic heterocycles. The van der Waals surface area contributed by atoms with Gasteiger partial charge in [0.05, 0.1) is 7.11 Å². The first kappa shape index (κ1) is 15.1. The monoisotopic (exact) mass is 274 g/mol. The minimum atomic E-state index is 0.237. The van der Waals surface area contributed by atoms with Crippen LogP contribution < -0.4 is 4.74 Å². The van der Waals surface area contributed by atoms with Gasteiger partial charge in [-0.15, -0.1) is 0 Å². The van der Waals surface area contributed by atoms with E-state index in [9.17, 15) is 4.79 Å². The molecule has 110 valence electrons. The van der Waals surface area contributed by atoms with Gasteiger partial charge in [0.2, 0.25) is 0 Å². The molecule has 0 saturated heterocycles. The number of rotatable bonds is 6. The quantitative estimate of drug-likeness (QED) is 0.691. The average molecular weight is 274 g/mol. The van der Waals surface area contributed by atoms with Crippen molar-refractivity contribution in [3.8, 4) is 5.75 Å². The van der Waals surface area contributed by atoms with Crippen molar-refractivity contribution in [1.29, 1.82) is 0 Å². The number of hydrogen-bond acceptors (Lipinski definition) is 2. The summed E-state index contributed by atoms with van der Waals surface area (Å²) in [6.07, 6.45) is 8.56. The predicted molar refractivity (Wildman–Crippen MR) is 82.3 cm³/mol. The van der Waals surface area contributed by atoms with Crippen LogP contribution in [0, 0.1) is 11.8 Å². The third-order valence-electron chi connectivity index (χ3n) is 4.56. The molecule has 20 heavy (non-hydrogen) atoms. The van der Waals surface area contributed by atoms with Crippen molar-refractivity contribution in [2.24, 2.45) is 11.8 Å². The number of methoxy groups -OCH3 is 1. The molecule has 1 aliphatic carbocycles. The smallest absolute Gasteiger partial charge is 0.165 e. The summed E-state index contributed by atoms with van der Waals surface area (Å²) in [7, 11) is 1.65. The van der Waals surface area contributed by atoms with Gasteiger partial charge in [0.1, 0.15) is 5.75 Å². The van der Waals surface area contributed by atoms with E-state index in [1.807, 2.05) is 24.3 Å². The Morgan fingerprint density at radius 3 is 2.35 bits per heavy atom. The maximum Gasteiger partial charge on any atom is 0.165 e. The summed E-state index contributed by atoms with van der Waals surface area (Å²) in [5.41, 5.74) is 0.836. The van der Waals surface area contributed by atoms with E-state index in [0.717, 1.165) is 30.1 Å². The van der Waals surface area contributed by atoms with Crippen LogP contribution in [0.5, 0.6) is 5.75 Å². The van der Waals surface area contributed by atoms with E-state index in [4.69, 9.17) is 4.74 Å². The highest BCUT2D eigenvalue weighted by Crippen LogP contribution is 2.33. The van der Waals surface area contributed by atoms with E-state index in [0.29, 0.717) is 5.78 Å². The van der Waals surface area contributed by atoms with Gasteiger partial charge in [-0.3, -0.25) is 4.79 Å². The summed E-state index contributed by atoms with van der Waals surface area (Å²) < 4.78 is 5.13. The van der Waals surface area contributed by atoms with Gasteiger partial charge < -0.3 is 4.74 Å². The van der Waals surface area contributed by atoms with Crippen molar-refractivity contribution in [2.75, 3.05) is 7.11 Å². The fourth-order valence-electron chi connectivity index (χ4n) is 3.20. The number of carbonyl (C=O) groups is 1. The van der Waals surface area contributed by atoms with E-state index in [1.54, 1.807) is 7.11 Å². The maximum absolute atomic E-state index is 12.5. The van der Waals surface area contributed by atoms with E-state index in [2.05, 4.69) is 6.92 Å². The molecule has 0 aliphatic heterocycles. The summed E-state index contributed by atoms with van der Waals surface area (Å²) in [4.78, 5) is 12.5. The minimum Gasteiger partial charge on any atom is -0.497 e. The lowest BCUT2D eigenvalue weighted by molar-refractivity contribution is 0.0869. The van der Waals surface area contributed by atoms with E-state index in [1.165, 1.54) is 32.1 Å². The maximum atomic E-state index is 12.5. The Labute approximate surface area is 122 Å². The molecule has 0 atom stereocenters.